The van der Waals surface area contributed by atoms with Gasteiger partial charge in [-0.05, 0) is 42.5 Å². The van der Waals surface area contributed by atoms with Crippen LogP contribution in [0.15, 0.2) is 72.8 Å². The molecule has 1 atom stereocenters. The maximum atomic E-state index is 10.6. The lowest BCUT2D eigenvalue weighted by atomic mass is 10.3. The largest absolute Gasteiger partial charge is 0.489 e. The maximum Gasteiger partial charge on any atom is 0.148 e. The maximum absolute atomic E-state index is 10.6. The molecule has 4 rings (SSSR count). The fraction of sp³-hybridized carbons (Fsp3) is 0.174. The number of aliphatic hydroxyl groups is 1. The predicted molar refractivity (Wildman–Crippen MR) is 118 cm³/mol. The van der Waals surface area contributed by atoms with Crippen molar-refractivity contribution in [3.8, 4) is 11.5 Å². The van der Waals surface area contributed by atoms with Crippen LogP contribution in [0.2, 0.25) is 10.0 Å². The number of hydrogen-bond acceptors (Lipinski definition) is 4. The van der Waals surface area contributed by atoms with E-state index in [-0.39, 0.29) is 13.2 Å². The van der Waals surface area contributed by atoms with E-state index < -0.39 is 6.10 Å². The van der Waals surface area contributed by atoms with Gasteiger partial charge >= 0.3 is 0 Å². The summed E-state index contributed by atoms with van der Waals surface area (Å²) in [5.41, 5.74) is 1.77. The Kier molecular flexibility index (Phi) is 6.43. The average Bonchev–Trinajstić information content (AvgIpc) is 3.10. The summed E-state index contributed by atoms with van der Waals surface area (Å²) in [5, 5.41) is 11.5. The highest BCUT2D eigenvalue weighted by atomic mass is 35.5. The fourth-order valence-corrected chi connectivity index (χ4v) is 3.61. The molecule has 0 aliphatic heterocycles. The number of para-hydroxylation sites is 3. The minimum Gasteiger partial charge on any atom is -0.489 e. The molecule has 1 unspecified atom stereocenters. The monoisotopic (exact) mass is 442 g/mol. The normalized spacial score (nSPS) is 12.1. The molecule has 5 nitrogen and oxygen atoms in total. The summed E-state index contributed by atoms with van der Waals surface area (Å²) in [7, 11) is 0. The zero-order chi connectivity index (χ0) is 20.9. The molecule has 0 saturated carbocycles. The van der Waals surface area contributed by atoms with Gasteiger partial charge in [0.25, 0.3) is 0 Å². The molecule has 0 bridgehead atoms. The number of hydrogen-bond donors (Lipinski definition) is 1. The molecule has 1 aromatic heterocycles. The summed E-state index contributed by atoms with van der Waals surface area (Å²) in [6, 6.07) is 22.3. The number of benzene rings is 3. The highest BCUT2D eigenvalue weighted by molar-refractivity contribution is 6.35. The number of halogens is 2. The van der Waals surface area contributed by atoms with Crippen LogP contribution in [0.1, 0.15) is 5.82 Å². The minimum atomic E-state index is -0.773. The summed E-state index contributed by atoms with van der Waals surface area (Å²) in [6.45, 7) is 0.668. The first-order valence-corrected chi connectivity index (χ1v) is 10.2. The van der Waals surface area contributed by atoms with E-state index in [2.05, 4.69) is 4.98 Å². The molecule has 154 valence electrons. The summed E-state index contributed by atoms with van der Waals surface area (Å²) in [6.07, 6.45) is -0.773. The van der Waals surface area contributed by atoms with Crippen LogP contribution >= 0.6 is 23.2 Å². The van der Waals surface area contributed by atoms with Gasteiger partial charge in [0.2, 0.25) is 0 Å². The first kappa shape index (κ1) is 20.5. The topological polar surface area (TPSA) is 56.5 Å². The van der Waals surface area contributed by atoms with Crippen molar-refractivity contribution in [3.05, 3.63) is 88.7 Å². The van der Waals surface area contributed by atoms with Crippen LogP contribution in [0.5, 0.6) is 11.5 Å². The third-order valence-corrected chi connectivity index (χ3v) is 5.09. The lowest BCUT2D eigenvalue weighted by Crippen LogP contribution is -2.25. The zero-order valence-corrected chi connectivity index (χ0v) is 17.6. The van der Waals surface area contributed by atoms with Gasteiger partial charge in [0.05, 0.1) is 22.6 Å². The molecule has 0 saturated heterocycles. The van der Waals surface area contributed by atoms with Crippen molar-refractivity contribution in [2.24, 2.45) is 0 Å². The lowest BCUT2D eigenvalue weighted by molar-refractivity contribution is 0.0918. The Bertz CT molecular complexity index is 1130. The van der Waals surface area contributed by atoms with Crippen LogP contribution < -0.4 is 9.47 Å². The number of aliphatic hydroxyl groups excluding tert-OH is 1. The Morgan fingerprint density at radius 2 is 1.70 bits per heavy atom. The molecule has 1 heterocycles. The third-order valence-electron chi connectivity index (χ3n) is 4.56. The van der Waals surface area contributed by atoms with Crippen molar-refractivity contribution >= 4 is 34.2 Å². The van der Waals surface area contributed by atoms with Crippen molar-refractivity contribution in [1.29, 1.82) is 0 Å². The van der Waals surface area contributed by atoms with E-state index in [1.165, 1.54) is 0 Å². The van der Waals surface area contributed by atoms with Crippen LogP contribution in [0.3, 0.4) is 0 Å². The van der Waals surface area contributed by atoms with Gasteiger partial charge in [-0.15, -0.1) is 0 Å². The van der Waals surface area contributed by atoms with Crippen molar-refractivity contribution < 1.29 is 14.6 Å². The standard InChI is InChI=1S/C23H20Cl2N2O3/c24-16-10-11-22(19(25)12-16)30-14-17(28)13-27-21-9-5-4-8-20(21)26-23(27)15-29-18-6-2-1-3-7-18/h1-12,17,28H,13-15H2. The fourth-order valence-electron chi connectivity index (χ4n) is 3.15. The Balaban J connectivity index is 1.49. The molecule has 0 spiro atoms. The Morgan fingerprint density at radius 3 is 2.50 bits per heavy atom. The second-order valence-electron chi connectivity index (χ2n) is 6.77. The van der Waals surface area contributed by atoms with E-state index in [4.69, 9.17) is 32.7 Å². The van der Waals surface area contributed by atoms with E-state index in [1.807, 2.05) is 59.2 Å². The van der Waals surface area contributed by atoms with Crippen LogP contribution in [0, 0.1) is 0 Å². The summed E-state index contributed by atoms with van der Waals surface area (Å²) < 4.78 is 13.5. The smallest absolute Gasteiger partial charge is 0.148 e. The summed E-state index contributed by atoms with van der Waals surface area (Å²) >= 11 is 12.0. The SMILES string of the molecule is OC(COc1ccc(Cl)cc1Cl)Cn1c(COc2ccccc2)nc2ccccc21. The quantitative estimate of drug-likeness (QED) is 0.398. The van der Waals surface area contributed by atoms with Gasteiger partial charge in [-0.3, -0.25) is 0 Å². The van der Waals surface area contributed by atoms with Crippen LogP contribution in [-0.4, -0.2) is 27.4 Å². The molecule has 1 N–H and O–H groups in total. The van der Waals surface area contributed by atoms with Gasteiger partial charge in [-0.2, -0.15) is 0 Å². The van der Waals surface area contributed by atoms with Crippen LogP contribution in [-0.2, 0) is 13.2 Å². The molecule has 3 aromatic carbocycles. The van der Waals surface area contributed by atoms with Gasteiger partial charge in [-0.25, -0.2) is 4.98 Å². The minimum absolute atomic E-state index is 0.0762. The van der Waals surface area contributed by atoms with E-state index in [0.29, 0.717) is 22.3 Å². The molecule has 0 aliphatic rings. The van der Waals surface area contributed by atoms with Gasteiger partial charge in [0.15, 0.2) is 0 Å². The second kappa shape index (κ2) is 9.39. The van der Waals surface area contributed by atoms with Gasteiger partial charge in [0.1, 0.15) is 36.6 Å². The number of imidazole rings is 1. The highest BCUT2D eigenvalue weighted by Gasteiger charge is 2.16. The van der Waals surface area contributed by atoms with Gasteiger partial charge in [-0.1, -0.05) is 53.5 Å². The second-order valence-corrected chi connectivity index (χ2v) is 7.61. The molecule has 0 radical (unpaired) electrons. The van der Waals surface area contributed by atoms with E-state index in [0.717, 1.165) is 22.6 Å². The number of aromatic nitrogens is 2. The Morgan fingerprint density at radius 1 is 0.933 bits per heavy atom. The molecule has 0 fully saturated rings. The molecule has 30 heavy (non-hydrogen) atoms. The van der Waals surface area contributed by atoms with Crippen molar-refractivity contribution in [2.45, 2.75) is 19.3 Å². The molecular weight excluding hydrogens is 423 g/mol. The third kappa shape index (κ3) is 4.87. The molecular formula is C23H20Cl2N2O3. The van der Waals surface area contributed by atoms with Gasteiger partial charge in [0, 0.05) is 5.02 Å². The van der Waals surface area contributed by atoms with Crippen molar-refractivity contribution in [2.75, 3.05) is 6.61 Å². The first-order valence-electron chi connectivity index (χ1n) is 9.48. The predicted octanol–water partition coefficient (Wildman–Crippen LogP) is 5.36. The number of ether oxygens (including phenoxy) is 2. The lowest BCUT2D eigenvalue weighted by Gasteiger charge is -2.16. The van der Waals surface area contributed by atoms with Crippen molar-refractivity contribution in [1.82, 2.24) is 9.55 Å². The van der Waals surface area contributed by atoms with E-state index in [1.54, 1.807) is 18.2 Å². The molecule has 0 amide bonds. The molecule has 4 aromatic rings. The number of rotatable bonds is 8. The van der Waals surface area contributed by atoms with Crippen LogP contribution in [0.4, 0.5) is 0 Å². The number of fused-ring (bicyclic) bond motifs is 1. The summed E-state index contributed by atoms with van der Waals surface area (Å²) in [4.78, 5) is 4.67. The first-order chi connectivity index (χ1) is 14.6. The highest BCUT2D eigenvalue weighted by Crippen LogP contribution is 2.27. The zero-order valence-electron chi connectivity index (χ0n) is 16.0. The van der Waals surface area contributed by atoms with E-state index in [9.17, 15) is 5.11 Å². The number of nitrogens with zero attached hydrogens (tertiary/aromatic N) is 2. The summed E-state index contributed by atoms with van der Waals surface area (Å²) in [5.74, 6) is 1.96. The van der Waals surface area contributed by atoms with E-state index >= 15 is 0 Å². The van der Waals surface area contributed by atoms with Crippen molar-refractivity contribution in [3.63, 3.8) is 0 Å². The Labute approximate surface area is 184 Å². The molecule has 0 aliphatic carbocycles. The van der Waals surface area contributed by atoms with Gasteiger partial charge < -0.3 is 19.1 Å². The Hall–Kier alpha value is -2.73. The van der Waals surface area contributed by atoms with Crippen LogP contribution in [0.25, 0.3) is 11.0 Å². The molecule has 7 heteroatoms. The average molecular weight is 443 g/mol.